The fourth-order valence-electron chi connectivity index (χ4n) is 0.887. The quantitative estimate of drug-likeness (QED) is 0.433. The molecule has 3 heteroatoms. The Morgan fingerprint density at radius 1 is 1.55 bits per heavy atom. The Morgan fingerprint density at radius 2 is 2.18 bits per heavy atom. The van der Waals surface area contributed by atoms with Crippen molar-refractivity contribution >= 4 is 18.9 Å². The van der Waals surface area contributed by atoms with Gasteiger partial charge in [-0.3, -0.25) is 6.29 Å². The van der Waals surface area contributed by atoms with E-state index in [4.69, 9.17) is 0 Å². The maximum Gasteiger partial charge on any atom is 0 e. The van der Waals surface area contributed by atoms with Gasteiger partial charge in [0.25, 0.3) is 0 Å². The zero-order valence-corrected chi connectivity index (χ0v) is 10.8. The zero-order valence-electron chi connectivity index (χ0n) is 7.05. The van der Waals surface area contributed by atoms with Gasteiger partial charge in [0.1, 0.15) is 0 Å². The Bertz CT molecular complexity index is 84.2. The Hall–Kier alpha value is 1.12. The second-order valence-corrected chi connectivity index (χ2v) is 2.86. The third-order valence-corrected chi connectivity index (χ3v) is 2.24. The first-order valence-corrected chi connectivity index (χ1v) is 4.44. The summed E-state index contributed by atoms with van der Waals surface area (Å²) >= 11 is 4.20. The third-order valence-electron chi connectivity index (χ3n) is 1.73. The molecule has 63 valence electrons. The van der Waals surface area contributed by atoms with Gasteiger partial charge in [-0.15, -0.1) is 0 Å². The summed E-state index contributed by atoms with van der Waals surface area (Å²) in [7, 11) is 0. The van der Waals surface area contributed by atoms with E-state index >= 15 is 0 Å². The molecule has 11 heavy (non-hydrogen) atoms. The summed E-state index contributed by atoms with van der Waals surface area (Å²) in [6.07, 6.45) is 5.75. The van der Waals surface area contributed by atoms with Crippen molar-refractivity contribution in [3.63, 3.8) is 0 Å². The van der Waals surface area contributed by atoms with Crippen molar-refractivity contribution in [1.29, 1.82) is 0 Å². The maximum atomic E-state index is 9.82. The van der Waals surface area contributed by atoms with Crippen LogP contribution in [0.25, 0.3) is 0 Å². The summed E-state index contributed by atoms with van der Waals surface area (Å²) in [5.41, 5.74) is 0. The van der Waals surface area contributed by atoms with E-state index in [1.165, 1.54) is 6.42 Å². The number of thiol groups is 1. The molecule has 0 N–H and O–H groups in total. The van der Waals surface area contributed by atoms with E-state index in [-0.39, 0.29) is 32.7 Å². The van der Waals surface area contributed by atoms with Gasteiger partial charge in [-0.1, -0.05) is 26.2 Å². The molecule has 0 aromatic heterocycles. The van der Waals surface area contributed by atoms with E-state index in [0.717, 1.165) is 18.6 Å². The normalized spacial score (nSPS) is 11.8. The number of carbonyl (C=O) groups excluding carboxylic acids is 1. The fourth-order valence-corrected chi connectivity index (χ4v) is 1.33. The summed E-state index contributed by atoms with van der Waals surface area (Å²) in [6.45, 7) is 2.16. The maximum absolute atomic E-state index is 9.82. The minimum absolute atomic E-state index is 0. The Labute approximate surface area is 100.0 Å². The van der Waals surface area contributed by atoms with Gasteiger partial charge in [0.15, 0.2) is 0 Å². The van der Waals surface area contributed by atoms with E-state index in [1.54, 1.807) is 0 Å². The molecular weight excluding hydrogens is 233 g/mol. The van der Waals surface area contributed by atoms with Gasteiger partial charge in [-0.05, 0) is 11.7 Å². The van der Waals surface area contributed by atoms with Gasteiger partial charge >= 0.3 is 0 Å². The molecule has 0 aromatic rings. The van der Waals surface area contributed by atoms with Crippen LogP contribution in [0.4, 0.5) is 0 Å². The first kappa shape index (κ1) is 14.6. The molecule has 0 saturated heterocycles. The number of hydrogen-bond donors (Lipinski definition) is 1. The summed E-state index contributed by atoms with van der Waals surface area (Å²) < 4.78 is 0. The van der Waals surface area contributed by atoms with Gasteiger partial charge < -0.3 is 4.79 Å². The monoisotopic (exact) mass is 248 g/mol. The van der Waals surface area contributed by atoms with Crippen LogP contribution in [0, 0.1) is 5.92 Å². The number of rotatable bonds is 6. The van der Waals surface area contributed by atoms with Gasteiger partial charge in [0.2, 0.25) is 0 Å². The van der Waals surface area contributed by atoms with E-state index in [2.05, 4.69) is 19.6 Å². The molecule has 0 aliphatic rings. The molecule has 1 radical (unpaired) electrons. The molecule has 0 heterocycles. The molecule has 0 aliphatic carbocycles. The van der Waals surface area contributed by atoms with Crippen LogP contribution < -0.4 is 0 Å². The molecule has 1 unspecified atom stereocenters. The van der Waals surface area contributed by atoms with Crippen molar-refractivity contribution in [2.45, 2.75) is 32.6 Å². The molecule has 0 rings (SSSR count). The van der Waals surface area contributed by atoms with Crippen molar-refractivity contribution in [2.24, 2.45) is 5.92 Å². The van der Waals surface area contributed by atoms with Crippen LogP contribution in [0.2, 0.25) is 0 Å². The average Bonchev–Trinajstić information content (AvgIpc) is 1.99. The molecule has 1 nitrogen and oxygen atoms in total. The van der Waals surface area contributed by atoms with Crippen molar-refractivity contribution in [2.75, 3.05) is 5.75 Å². The topological polar surface area (TPSA) is 17.1 Å². The first-order chi connectivity index (χ1) is 4.85. The van der Waals surface area contributed by atoms with Crippen molar-refractivity contribution in [3.8, 4) is 0 Å². The van der Waals surface area contributed by atoms with Crippen LogP contribution in [-0.4, -0.2) is 12.0 Å². The van der Waals surface area contributed by atoms with Crippen LogP contribution in [-0.2, 0) is 37.5 Å². The molecule has 0 saturated carbocycles. The Kier molecular flexibility index (Phi) is 14.8. The summed E-state index contributed by atoms with van der Waals surface area (Å²) in [5.74, 6) is 1.63. The van der Waals surface area contributed by atoms with Crippen LogP contribution in [0.1, 0.15) is 32.6 Å². The minimum Gasteiger partial charge on any atom is -0.542 e. The standard InChI is InChI=1S/C8H15OS.Y/c1-2-8(7-10)5-3-4-6-9;/h8,10H,2-5,7H2,1H3;/q-1;. The molecule has 0 spiro atoms. The van der Waals surface area contributed by atoms with E-state index in [0.29, 0.717) is 12.3 Å². The molecule has 1 atom stereocenters. The minimum atomic E-state index is 0. The number of unbranched alkanes of at least 4 members (excludes halogenated alkanes) is 1. The van der Waals surface area contributed by atoms with Crippen LogP contribution in [0.5, 0.6) is 0 Å². The molecule has 0 aliphatic heterocycles. The molecule has 0 fully saturated rings. The molecular formula is C8H15OSY-. The molecule has 0 aromatic carbocycles. The SMILES string of the molecule is CCC(CS)CCC[C-]=O.[Y]. The van der Waals surface area contributed by atoms with Crippen molar-refractivity contribution in [3.05, 3.63) is 0 Å². The van der Waals surface area contributed by atoms with Crippen molar-refractivity contribution in [1.82, 2.24) is 0 Å². The Morgan fingerprint density at radius 3 is 2.55 bits per heavy atom. The van der Waals surface area contributed by atoms with E-state index < -0.39 is 0 Å². The van der Waals surface area contributed by atoms with E-state index in [1.807, 2.05) is 6.29 Å². The second-order valence-electron chi connectivity index (χ2n) is 2.49. The fraction of sp³-hybridized carbons (Fsp3) is 0.875. The van der Waals surface area contributed by atoms with Crippen LogP contribution in [0.15, 0.2) is 0 Å². The average molecular weight is 248 g/mol. The van der Waals surface area contributed by atoms with Gasteiger partial charge in [-0.25, -0.2) is 0 Å². The zero-order chi connectivity index (χ0) is 7.82. The van der Waals surface area contributed by atoms with Crippen molar-refractivity contribution < 1.29 is 37.5 Å². The largest absolute Gasteiger partial charge is 0.542 e. The summed E-state index contributed by atoms with van der Waals surface area (Å²) in [5, 5.41) is 0. The predicted molar refractivity (Wildman–Crippen MR) is 47.2 cm³/mol. The predicted octanol–water partition coefficient (Wildman–Crippen LogP) is 2.22. The summed E-state index contributed by atoms with van der Waals surface area (Å²) in [6, 6.07) is 0. The molecule has 0 amide bonds. The number of hydrogen-bond acceptors (Lipinski definition) is 2. The third kappa shape index (κ3) is 9.03. The van der Waals surface area contributed by atoms with Gasteiger partial charge in [0.05, 0.1) is 0 Å². The second kappa shape index (κ2) is 11.1. The summed E-state index contributed by atoms with van der Waals surface area (Å²) in [4.78, 5) is 9.82. The molecule has 0 bridgehead atoms. The first-order valence-electron chi connectivity index (χ1n) is 3.81. The van der Waals surface area contributed by atoms with Crippen LogP contribution >= 0.6 is 12.6 Å². The Balaban J connectivity index is 0. The van der Waals surface area contributed by atoms with E-state index in [9.17, 15) is 4.79 Å². The van der Waals surface area contributed by atoms with Gasteiger partial charge in [0, 0.05) is 32.7 Å². The van der Waals surface area contributed by atoms with Crippen LogP contribution in [0.3, 0.4) is 0 Å². The van der Waals surface area contributed by atoms with Gasteiger partial charge in [-0.2, -0.15) is 19.0 Å². The smallest absolute Gasteiger partial charge is 0 e.